The van der Waals surface area contributed by atoms with Gasteiger partial charge in [-0.3, -0.25) is 4.99 Å². The van der Waals surface area contributed by atoms with Crippen LogP contribution in [0.25, 0.3) is 0 Å². The Morgan fingerprint density at radius 1 is 1.21 bits per heavy atom. The van der Waals surface area contributed by atoms with E-state index < -0.39 is 6.61 Å². The minimum Gasteiger partial charge on any atom is -0.493 e. The lowest BCUT2D eigenvalue weighted by Crippen LogP contribution is -2.39. The molecule has 3 rings (SSSR count). The molecule has 29 heavy (non-hydrogen) atoms. The Balaban J connectivity index is 0.00000300. The number of guanidine groups is 1. The standard InChI is InChI=1S/C21H25F2N3O2.HI/c1-24-21(26-11-10-17(14-26)16-6-4-3-5-7-16)25-13-15-8-9-18(27-2)19(12-15)28-20(22)23;/h3-9,12,17,20H,10-11,13-14H2,1-2H3,(H,24,25);1H. The minimum absolute atomic E-state index is 0. The van der Waals surface area contributed by atoms with Gasteiger partial charge in [-0.2, -0.15) is 8.78 Å². The molecule has 1 aliphatic rings. The van der Waals surface area contributed by atoms with Gasteiger partial charge in [0.1, 0.15) is 0 Å². The van der Waals surface area contributed by atoms with E-state index in [1.807, 2.05) is 12.1 Å². The largest absolute Gasteiger partial charge is 0.493 e. The molecule has 1 aliphatic heterocycles. The minimum atomic E-state index is -2.90. The molecule has 5 nitrogen and oxygen atoms in total. The van der Waals surface area contributed by atoms with E-state index in [4.69, 9.17) is 4.74 Å². The van der Waals surface area contributed by atoms with Crippen molar-refractivity contribution in [1.29, 1.82) is 0 Å². The van der Waals surface area contributed by atoms with Gasteiger partial charge in [0.05, 0.1) is 7.11 Å². The number of likely N-dealkylation sites (tertiary alicyclic amines) is 1. The Kier molecular flexibility index (Phi) is 8.94. The summed E-state index contributed by atoms with van der Waals surface area (Å²) in [5.74, 6) is 1.58. The Bertz CT molecular complexity index is 806. The maximum absolute atomic E-state index is 12.6. The lowest BCUT2D eigenvalue weighted by molar-refractivity contribution is -0.0512. The molecular weight excluding hydrogens is 491 g/mol. The number of hydrogen-bond acceptors (Lipinski definition) is 3. The number of alkyl halides is 2. The highest BCUT2D eigenvalue weighted by Gasteiger charge is 2.25. The van der Waals surface area contributed by atoms with Crippen molar-refractivity contribution in [1.82, 2.24) is 10.2 Å². The maximum atomic E-state index is 12.6. The Morgan fingerprint density at radius 3 is 2.62 bits per heavy atom. The first-order chi connectivity index (χ1) is 13.6. The van der Waals surface area contributed by atoms with Gasteiger partial charge in [0.15, 0.2) is 17.5 Å². The topological polar surface area (TPSA) is 46.1 Å². The molecule has 2 aromatic carbocycles. The number of nitrogens with zero attached hydrogens (tertiary/aromatic N) is 2. The van der Waals surface area contributed by atoms with Crippen molar-refractivity contribution in [3.05, 3.63) is 59.7 Å². The molecule has 1 unspecified atom stereocenters. The second kappa shape index (κ2) is 11.2. The molecule has 1 N–H and O–H groups in total. The zero-order valence-corrected chi connectivity index (χ0v) is 18.8. The van der Waals surface area contributed by atoms with E-state index in [0.717, 1.165) is 31.0 Å². The van der Waals surface area contributed by atoms with Crippen LogP contribution >= 0.6 is 24.0 Å². The maximum Gasteiger partial charge on any atom is 0.387 e. The fourth-order valence-corrected chi connectivity index (χ4v) is 3.48. The lowest BCUT2D eigenvalue weighted by Gasteiger charge is -2.22. The quantitative estimate of drug-likeness (QED) is 0.349. The molecular formula is C21H26F2IN3O2. The van der Waals surface area contributed by atoms with Gasteiger partial charge in [-0.15, -0.1) is 24.0 Å². The van der Waals surface area contributed by atoms with E-state index in [0.29, 0.717) is 12.5 Å². The third-order valence-electron chi connectivity index (χ3n) is 4.87. The summed E-state index contributed by atoms with van der Waals surface area (Å²) in [5, 5.41) is 3.31. The van der Waals surface area contributed by atoms with E-state index in [1.165, 1.54) is 12.7 Å². The van der Waals surface area contributed by atoms with E-state index in [2.05, 4.69) is 44.2 Å². The average molecular weight is 517 g/mol. The predicted octanol–water partition coefficient (Wildman–Crippen LogP) is 4.48. The van der Waals surface area contributed by atoms with Crippen molar-refractivity contribution in [3.8, 4) is 11.5 Å². The lowest BCUT2D eigenvalue weighted by atomic mass is 9.99. The smallest absolute Gasteiger partial charge is 0.387 e. The normalized spacial score (nSPS) is 16.5. The zero-order chi connectivity index (χ0) is 19.9. The Hall–Kier alpha value is -2.10. The molecule has 8 heteroatoms. The Morgan fingerprint density at radius 2 is 1.97 bits per heavy atom. The van der Waals surface area contributed by atoms with Gasteiger partial charge in [-0.25, -0.2) is 0 Å². The van der Waals surface area contributed by atoms with Crippen LogP contribution in [0.2, 0.25) is 0 Å². The summed E-state index contributed by atoms with van der Waals surface area (Å²) in [6, 6.07) is 15.5. The highest BCUT2D eigenvalue weighted by Crippen LogP contribution is 2.30. The number of ether oxygens (including phenoxy) is 2. The summed E-state index contributed by atoms with van der Waals surface area (Å²) in [4.78, 5) is 6.59. The van der Waals surface area contributed by atoms with Crippen LogP contribution in [0.15, 0.2) is 53.5 Å². The first kappa shape index (κ1) is 23.2. The van der Waals surface area contributed by atoms with Crippen molar-refractivity contribution < 1.29 is 18.3 Å². The molecule has 0 bridgehead atoms. The van der Waals surface area contributed by atoms with Crippen LogP contribution in [0.3, 0.4) is 0 Å². The first-order valence-corrected chi connectivity index (χ1v) is 9.23. The number of aliphatic imine (C=N–C) groups is 1. The van der Waals surface area contributed by atoms with E-state index in [-0.39, 0.29) is 35.5 Å². The van der Waals surface area contributed by atoms with Gasteiger partial charge in [-0.05, 0) is 29.7 Å². The number of nitrogens with one attached hydrogen (secondary N) is 1. The summed E-state index contributed by atoms with van der Waals surface area (Å²) in [6.07, 6.45) is 1.07. The molecule has 1 atom stereocenters. The van der Waals surface area contributed by atoms with Crippen LogP contribution in [0, 0.1) is 0 Å². The average Bonchev–Trinajstić information content (AvgIpc) is 3.19. The fraction of sp³-hybridized carbons (Fsp3) is 0.381. The monoisotopic (exact) mass is 517 g/mol. The Labute approximate surface area is 187 Å². The van der Waals surface area contributed by atoms with E-state index in [1.54, 1.807) is 19.2 Å². The number of methoxy groups -OCH3 is 1. The molecule has 0 saturated carbocycles. The van der Waals surface area contributed by atoms with Gasteiger partial charge < -0.3 is 19.7 Å². The molecule has 0 aliphatic carbocycles. The molecule has 1 heterocycles. The van der Waals surface area contributed by atoms with Crippen molar-refractivity contribution in [3.63, 3.8) is 0 Å². The van der Waals surface area contributed by atoms with Gasteiger partial charge in [0.2, 0.25) is 0 Å². The third-order valence-corrected chi connectivity index (χ3v) is 4.87. The van der Waals surface area contributed by atoms with Gasteiger partial charge in [0, 0.05) is 32.6 Å². The molecule has 0 aromatic heterocycles. The number of hydrogen-bond donors (Lipinski definition) is 1. The van der Waals surface area contributed by atoms with Crippen LogP contribution in [0.1, 0.15) is 23.5 Å². The van der Waals surface area contributed by atoms with E-state index in [9.17, 15) is 8.78 Å². The van der Waals surface area contributed by atoms with Crippen LogP contribution in [0.5, 0.6) is 11.5 Å². The molecule has 1 fully saturated rings. The van der Waals surface area contributed by atoms with Crippen LogP contribution in [-0.2, 0) is 6.54 Å². The summed E-state index contributed by atoms with van der Waals surface area (Å²) in [5.41, 5.74) is 2.14. The van der Waals surface area contributed by atoms with Crippen molar-refractivity contribution in [2.24, 2.45) is 4.99 Å². The first-order valence-electron chi connectivity index (χ1n) is 9.23. The van der Waals surface area contributed by atoms with Gasteiger partial charge >= 0.3 is 6.61 Å². The molecule has 1 saturated heterocycles. The number of halogens is 3. The van der Waals surface area contributed by atoms with E-state index >= 15 is 0 Å². The third kappa shape index (κ3) is 6.19. The summed E-state index contributed by atoms with van der Waals surface area (Å²) >= 11 is 0. The van der Waals surface area contributed by atoms with Gasteiger partial charge in [0.25, 0.3) is 0 Å². The predicted molar refractivity (Wildman–Crippen MR) is 121 cm³/mol. The molecule has 158 valence electrons. The second-order valence-corrected chi connectivity index (χ2v) is 6.61. The number of benzene rings is 2. The summed E-state index contributed by atoms with van der Waals surface area (Å²) in [6.45, 7) is -0.638. The highest BCUT2D eigenvalue weighted by atomic mass is 127. The van der Waals surface area contributed by atoms with Crippen molar-refractivity contribution in [2.45, 2.75) is 25.5 Å². The summed E-state index contributed by atoms with van der Waals surface area (Å²) < 4.78 is 34.8. The highest BCUT2D eigenvalue weighted by molar-refractivity contribution is 14.0. The SMILES string of the molecule is CN=C(NCc1ccc(OC)c(OC(F)F)c1)N1CCC(c2ccccc2)C1.I. The molecule has 2 aromatic rings. The van der Waals surface area contributed by atoms with Crippen LogP contribution in [-0.4, -0.2) is 44.7 Å². The molecule has 0 amide bonds. The summed E-state index contributed by atoms with van der Waals surface area (Å²) in [7, 11) is 3.17. The molecule has 0 radical (unpaired) electrons. The molecule has 0 spiro atoms. The van der Waals surface area contributed by atoms with Crippen molar-refractivity contribution in [2.75, 3.05) is 27.2 Å². The van der Waals surface area contributed by atoms with Crippen LogP contribution < -0.4 is 14.8 Å². The van der Waals surface area contributed by atoms with Crippen molar-refractivity contribution >= 4 is 29.9 Å². The van der Waals surface area contributed by atoms with Crippen LogP contribution in [0.4, 0.5) is 8.78 Å². The fourth-order valence-electron chi connectivity index (χ4n) is 3.48. The zero-order valence-electron chi connectivity index (χ0n) is 16.5. The van der Waals surface area contributed by atoms with Gasteiger partial charge in [-0.1, -0.05) is 36.4 Å². The second-order valence-electron chi connectivity index (χ2n) is 6.61. The number of rotatable bonds is 6.